The first-order valence-corrected chi connectivity index (χ1v) is 11.7. The molecule has 2 aromatic heterocycles. The number of carboxylic acids is 1. The highest BCUT2D eigenvalue weighted by Gasteiger charge is 2.22. The van der Waals surface area contributed by atoms with Gasteiger partial charge in [-0.3, -0.25) is 14.9 Å². The van der Waals surface area contributed by atoms with E-state index in [1.165, 1.54) is 24.2 Å². The SMILES string of the molecule is NCCCc1c(C(=O)O)[nH]c2ccc(C(=O)Nc3nc(C(=O)CC4CCCC4)cs3)cc12. The number of rotatable bonds is 9. The fraction of sp³-hybridized carbons (Fsp3) is 0.391. The number of nitrogens with zero attached hydrogens (tertiary/aromatic N) is 1. The molecule has 8 nitrogen and oxygen atoms in total. The molecule has 0 spiro atoms. The fourth-order valence-corrected chi connectivity index (χ4v) is 5.03. The number of nitrogens with two attached hydrogens (primary N) is 1. The van der Waals surface area contributed by atoms with Crippen molar-refractivity contribution in [3.63, 3.8) is 0 Å². The summed E-state index contributed by atoms with van der Waals surface area (Å²) in [5.74, 6) is -0.941. The summed E-state index contributed by atoms with van der Waals surface area (Å²) in [5.41, 5.74) is 7.79. The zero-order chi connectivity index (χ0) is 22.7. The number of carboxylic acid groups (broad SMARTS) is 1. The molecule has 1 aromatic carbocycles. The molecular weight excluding hydrogens is 428 g/mol. The highest BCUT2D eigenvalue weighted by Crippen LogP contribution is 2.30. The molecule has 0 atom stereocenters. The lowest BCUT2D eigenvalue weighted by molar-refractivity contribution is 0.0689. The molecule has 3 aromatic rings. The Balaban J connectivity index is 1.50. The molecule has 1 saturated carbocycles. The number of carbonyl (C=O) groups excluding carboxylic acids is 2. The van der Waals surface area contributed by atoms with Gasteiger partial charge in [-0.2, -0.15) is 0 Å². The number of thiazole rings is 1. The zero-order valence-electron chi connectivity index (χ0n) is 17.6. The van der Waals surface area contributed by atoms with Gasteiger partial charge in [-0.1, -0.05) is 25.7 Å². The van der Waals surface area contributed by atoms with Gasteiger partial charge in [-0.15, -0.1) is 11.3 Å². The number of hydrogen-bond donors (Lipinski definition) is 4. The number of ketones is 1. The Hall–Kier alpha value is -3.04. The van der Waals surface area contributed by atoms with Crippen LogP contribution in [0, 0.1) is 5.92 Å². The third-order valence-electron chi connectivity index (χ3n) is 5.97. The Morgan fingerprint density at radius 1 is 1.25 bits per heavy atom. The van der Waals surface area contributed by atoms with E-state index >= 15 is 0 Å². The first-order valence-electron chi connectivity index (χ1n) is 10.8. The van der Waals surface area contributed by atoms with Crippen LogP contribution in [0.25, 0.3) is 10.9 Å². The minimum atomic E-state index is -1.04. The number of aryl methyl sites for hydroxylation is 1. The van der Waals surface area contributed by atoms with Gasteiger partial charge in [0.05, 0.1) is 0 Å². The second-order valence-electron chi connectivity index (χ2n) is 8.21. The van der Waals surface area contributed by atoms with E-state index in [2.05, 4.69) is 15.3 Å². The van der Waals surface area contributed by atoms with Crippen molar-refractivity contribution in [1.29, 1.82) is 0 Å². The number of fused-ring (bicyclic) bond motifs is 1. The second kappa shape index (κ2) is 9.62. The van der Waals surface area contributed by atoms with Crippen LogP contribution in [0.15, 0.2) is 23.6 Å². The molecule has 5 N–H and O–H groups in total. The molecule has 1 aliphatic carbocycles. The fourth-order valence-electron chi connectivity index (χ4n) is 4.32. The number of H-pyrrole nitrogens is 1. The number of aromatic nitrogens is 2. The van der Waals surface area contributed by atoms with Gasteiger partial charge in [0, 0.05) is 28.3 Å². The van der Waals surface area contributed by atoms with Crippen LogP contribution >= 0.6 is 11.3 Å². The van der Waals surface area contributed by atoms with Gasteiger partial charge in [0.15, 0.2) is 10.9 Å². The van der Waals surface area contributed by atoms with E-state index in [-0.39, 0.29) is 17.4 Å². The summed E-state index contributed by atoms with van der Waals surface area (Å²) in [7, 11) is 0. The van der Waals surface area contributed by atoms with E-state index in [1.54, 1.807) is 23.6 Å². The number of amides is 1. The molecule has 1 fully saturated rings. The van der Waals surface area contributed by atoms with E-state index in [0.717, 1.165) is 12.8 Å². The highest BCUT2D eigenvalue weighted by atomic mass is 32.1. The number of anilines is 1. The summed E-state index contributed by atoms with van der Waals surface area (Å²) in [6, 6.07) is 5.01. The Morgan fingerprint density at radius 2 is 2.03 bits per heavy atom. The van der Waals surface area contributed by atoms with Crippen LogP contribution in [0.3, 0.4) is 0 Å². The molecule has 0 aliphatic heterocycles. The molecule has 32 heavy (non-hydrogen) atoms. The lowest BCUT2D eigenvalue weighted by atomic mass is 10.0. The average molecular weight is 455 g/mol. The number of Topliss-reactive ketones (excluding diaryl/α,β-unsaturated/α-hetero) is 1. The monoisotopic (exact) mass is 454 g/mol. The second-order valence-corrected chi connectivity index (χ2v) is 9.06. The molecule has 4 rings (SSSR count). The predicted octanol–water partition coefficient (Wildman–Crippen LogP) is 4.23. The molecule has 0 saturated heterocycles. The van der Waals surface area contributed by atoms with E-state index in [1.807, 2.05) is 0 Å². The van der Waals surface area contributed by atoms with Crippen LogP contribution in [0.5, 0.6) is 0 Å². The Labute approximate surface area is 189 Å². The van der Waals surface area contributed by atoms with Crippen molar-refractivity contribution < 1.29 is 19.5 Å². The maximum Gasteiger partial charge on any atom is 0.352 e. The largest absolute Gasteiger partial charge is 0.477 e. The summed E-state index contributed by atoms with van der Waals surface area (Å²) < 4.78 is 0. The van der Waals surface area contributed by atoms with Crippen molar-refractivity contribution in [3.05, 3.63) is 46.1 Å². The molecule has 9 heteroatoms. The van der Waals surface area contributed by atoms with Crippen LogP contribution in [-0.4, -0.2) is 39.3 Å². The van der Waals surface area contributed by atoms with E-state index in [4.69, 9.17) is 5.73 Å². The molecule has 0 unspecified atom stereocenters. The average Bonchev–Trinajstić information content (AvgIpc) is 3.51. The lowest BCUT2D eigenvalue weighted by Crippen LogP contribution is -2.12. The predicted molar refractivity (Wildman–Crippen MR) is 124 cm³/mol. The minimum Gasteiger partial charge on any atom is -0.477 e. The van der Waals surface area contributed by atoms with Gasteiger partial charge in [-0.05, 0) is 49.1 Å². The first-order chi connectivity index (χ1) is 15.5. The molecule has 0 radical (unpaired) electrons. The van der Waals surface area contributed by atoms with E-state index < -0.39 is 5.97 Å². The number of hydrogen-bond acceptors (Lipinski definition) is 6. The van der Waals surface area contributed by atoms with Gasteiger partial charge in [0.25, 0.3) is 5.91 Å². The highest BCUT2D eigenvalue weighted by molar-refractivity contribution is 7.14. The molecule has 0 bridgehead atoms. The summed E-state index contributed by atoms with van der Waals surface area (Å²) in [6.07, 6.45) is 6.21. The molecule has 168 valence electrons. The molecule has 1 aliphatic rings. The summed E-state index contributed by atoms with van der Waals surface area (Å²) >= 11 is 1.22. The smallest absolute Gasteiger partial charge is 0.352 e. The van der Waals surface area contributed by atoms with Crippen molar-refractivity contribution in [1.82, 2.24) is 9.97 Å². The normalized spacial score (nSPS) is 14.2. The minimum absolute atomic E-state index is 0.0214. The summed E-state index contributed by atoms with van der Waals surface area (Å²) in [5, 5.41) is 15.0. The quantitative estimate of drug-likeness (QED) is 0.357. The number of carbonyl (C=O) groups is 3. The maximum atomic E-state index is 12.8. The van der Waals surface area contributed by atoms with Gasteiger partial charge in [0.1, 0.15) is 11.4 Å². The van der Waals surface area contributed by atoms with Crippen LogP contribution in [0.2, 0.25) is 0 Å². The molecular formula is C23H26N4O4S. The van der Waals surface area contributed by atoms with Gasteiger partial charge in [-0.25, -0.2) is 9.78 Å². The van der Waals surface area contributed by atoms with Gasteiger partial charge in [0.2, 0.25) is 0 Å². The lowest BCUT2D eigenvalue weighted by Gasteiger charge is -2.05. The van der Waals surface area contributed by atoms with Crippen molar-refractivity contribution in [2.24, 2.45) is 11.7 Å². The molecule has 1 amide bonds. The molecule has 2 heterocycles. The van der Waals surface area contributed by atoms with Crippen molar-refractivity contribution in [3.8, 4) is 0 Å². The van der Waals surface area contributed by atoms with Gasteiger partial charge >= 0.3 is 5.97 Å². The Morgan fingerprint density at radius 3 is 2.75 bits per heavy atom. The van der Waals surface area contributed by atoms with Gasteiger partial charge < -0.3 is 15.8 Å². The third kappa shape index (κ3) is 4.73. The number of benzene rings is 1. The van der Waals surface area contributed by atoms with Crippen LogP contribution < -0.4 is 11.1 Å². The topological polar surface area (TPSA) is 138 Å². The zero-order valence-corrected chi connectivity index (χ0v) is 18.5. The number of nitrogens with one attached hydrogen (secondary N) is 2. The Kier molecular flexibility index (Phi) is 6.66. The maximum absolute atomic E-state index is 12.8. The van der Waals surface area contributed by atoms with E-state index in [0.29, 0.717) is 64.6 Å². The van der Waals surface area contributed by atoms with Crippen molar-refractivity contribution >= 4 is 45.0 Å². The number of aromatic carboxylic acids is 1. The van der Waals surface area contributed by atoms with Crippen LogP contribution in [0.4, 0.5) is 5.13 Å². The van der Waals surface area contributed by atoms with Crippen LogP contribution in [-0.2, 0) is 6.42 Å². The third-order valence-corrected chi connectivity index (χ3v) is 6.73. The summed E-state index contributed by atoms with van der Waals surface area (Å²) in [6.45, 7) is 0.442. The standard InChI is InChI=1S/C23H26N4O4S/c24-9-3-6-15-16-11-14(7-8-17(16)25-20(15)22(30)31)21(29)27-23-26-18(12-32-23)19(28)10-13-4-1-2-5-13/h7-8,11-13,25H,1-6,9-10,24H2,(H,30,31)(H,26,27,29). The Bertz CT molecular complexity index is 1160. The van der Waals surface area contributed by atoms with Crippen molar-refractivity contribution in [2.75, 3.05) is 11.9 Å². The van der Waals surface area contributed by atoms with E-state index in [9.17, 15) is 19.5 Å². The first kappa shape index (κ1) is 22.2. The van der Waals surface area contributed by atoms with Crippen LogP contribution in [0.1, 0.15) is 75.4 Å². The number of aromatic amines is 1. The van der Waals surface area contributed by atoms with Crippen molar-refractivity contribution in [2.45, 2.75) is 44.9 Å². The summed E-state index contributed by atoms with van der Waals surface area (Å²) in [4.78, 5) is 44.1.